The number of nitrogens with one attached hydrogen (secondary N) is 2. The number of carbonyl (C=O) groups excluding carboxylic acids is 2. The lowest BCUT2D eigenvalue weighted by atomic mass is 10.6. The zero-order valence-electron chi connectivity index (χ0n) is 6.52. The Morgan fingerprint density at radius 3 is 2.73 bits per heavy atom. The highest BCUT2D eigenvalue weighted by Crippen LogP contribution is 1.95. The van der Waals surface area contributed by atoms with Gasteiger partial charge in [-0.05, 0) is 0 Å². The second-order valence-electron chi connectivity index (χ2n) is 2.66. The van der Waals surface area contributed by atoms with Crippen molar-refractivity contribution >= 4 is 21.5 Å². The summed E-state index contributed by atoms with van der Waals surface area (Å²) in [6, 6.07) is 0.779. The monoisotopic (exact) mass is 172 g/mol. The van der Waals surface area contributed by atoms with Gasteiger partial charge in [0, 0.05) is 0 Å². The van der Waals surface area contributed by atoms with Crippen molar-refractivity contribution in [3.05, 3.63) is 0 Å². The van der Waals surface area contributed by atoms with E-state index in [0.29, 0.717) is 0 Å². The first-order valence-electron chi connectivity index (χ1n) is 3.85. The fourth-order valence-corrected chi connectivity index (χ4v) is 2.58. The van der Waals surface area contributed by atoms with Crippen LogP contribution in [0, 0.1) is 0 Å². The second kappa shape index (κ2) is 3.52. The Hall–Kier alpha value is -0.843. The van der Waals surface area contributed by atoms with Crippen LogP contribution in [0.5, 0.6) is 0 Å². The molecule has 1 saturated heterocycles. The number of carbonyl (C=O) groups is 2. The van der Waals surface area contributed by atoms with Gasteiger partial charge >= 0.3 is 6.03 Å². The predicted octanol–water partition coefficient (Wildman–Crippen LogP) is -0.851. The van der Waals surface area contributed by atoms with Crippen molar-refractivity contribution in [1.29, 1.82) is 0 Å². The molecule has 0 aromatic rings. The Morgan fingerprint density at radius 1 is 1.55 bits per heavy atom. The second-order valence-corrected chi connectivity index (χ2v) is 4.76. The van der Waals surface area contributed by atoms with Crippen LogP contribution in [-0.4, -0.2) is 27.1 Å². The summed E-state index contributed by atoms with van der Waals surface area (Å²) in [6.45, 7) is 2.08. The minimum atomic E-state index is -0.436. The minimum Gasteiger partial charge on any atom is -0.330 e. The molecule has 2 N–H and O–H groups in total. The summed E-state index contributed by atoms with van der Waals surface area (Å²) in [5.74, 6) is -0.130. The molecule has 0 radical (unpaired) electrons. The Bertz CT molecular complexity index is 183. The maximum Gasteiger partial charge on any atom is 0.321 e. The normalized spacial score (nSPS) is 24.3. The molecule has 1 heterocycles. The first-order valence-corrected chi connectivity index (χ1v) is 5.67. The van der Waals surface area contributed by atoms with Gasteiger partial charge in [-0.25, -0.2) is 4.79 Å². The van der Waals surface area contributed by atoms with Gasteiger partial charge in [-0.3, -0.25) is 10.1 Å². The van der Waals surface area contributed by atoms with E-state index in [-0.39, 0.29) is 17.6 Å². The lowest BCUT2D eigenvalue weighted by Gasteiger charge is -2.02. The van der Waals surface area contributed by atoms with Crippen LogP contribution in [0.4, 0.5) is 4.79 Å². The molecular weight excluding hydrogens is 160 g/mol. The summed E-state index contributed by atoms with van der Waals surface area (Å²) in [5, 5.41) is 4.82. The van der Waals surface area contributed by atoms with Crippen LogP contribution in [0.15, 0.2) is 0 Å². The number of imide groups is 1. The van der Waals surface area contributed by atoms with E-state index in [1.54, 1.807) is 0 Å². The molecule has 0 aliphatic carbocycles. The van der Waals surface area contributed by atoms with E-state index in [2.05, 4.69) is 17.6 Å². The highest BCUT2D eigenvalue weighted by atomic mass is 28.2. The summed E-state index contributed by atoms with van der Waals surface area (Å²) >= 11 is 0. The number of rotatable bonds is 3. The maximum atomic E-state index is 10.9. The molecule has 0 aromatic carbocycles. The molecule has 62 valence electrons. The molecule has 0 saturated carbocycles. The number of hydrogen-bond donors (Lipinski definition) is 2. The third kappa shape index (κ3) is 2.04. The topological polar surface area (TPSA) is 58.2 Å². The van der Waals surface area contributed by atoms with E-state index >= 15 is 0 Å². The van der Waals surface area contributed by atoms with E-state index in [4.69, 9.17) is 0 Å². The molecule has 5 heteroatoms. The molecule has 1 rings (SSSR count). The lowest BCUT2D eigenvalue weighted by molar-refractivity contribution is -0.118. The Kier molecular flexibility index (Phi) is 2.64. The number of amides is 3. The van der Waals surface area contributed by atoms with Crippen LogP contribution < -0.4 is 10.6 Å². The van der Waals surface area contributed by atoms with Gasteiger partial charge in [-0.15, -0.1) is 0 Å². The average molecular weight is 172 g/mol. The van der Waals surface area contributed by atoms with Crippen molar-refractivity contribution in [3.8, 4) is 0 Å². The molecule has 1 atom stereocenters. The van der Waals surface area contributed by atoms with Gasteiger partial charge in [0.1, 0.15) is 0 Å². The zero-order valence-corrected chi connectivity index (χ0v) is 7.93. The van der Waals surface area contributed by atoms with E-state index in [0.717, 1.165) is 12.5 Å². The van der Waals surface area contributed by atoms with Crippen LogP contribution in [-0.2, 0) is 4.79 Å². The summed E-state index contributed by atoms with van der Waals surface area (Å²) in [4.78, 5) is 21.5. The first kappa shape index (κ1) is 8.26. The van der Waals surface area contributed by atoms with E-state index < -0.39 is 9.52 Å². The Morgan fingerprint density at radius 2 is 2.27 bits per heavy atom. The number of hydrogen-bond acceptors (Lipinski definition) is 2. The fourth-order valence-electron chi connectivity index (χ4n) is 1.07. The van der Waals surface area contributed by atoms with Crippen LogP contribution in [0.3, 0.4) is 0 Å². The van der Waals surface area contributed by atoms with Gasteiger partial charge in [0.2, 0.25) is 5.91 Å². The molecule has 11 heavy (non-hydrogen) atoms. The third-order valence-corrected chi connectivity index (χ3v) is 3.97. The molecule has 0 bridgehead atoms. The highest BCUT2D eigenvalue weighted by molar-refractivity contribution is 6.46. The van der Waals surface area contributed by atoms with Crippen molar-refractivity contribution < 1.29 is 9.59 Å². The molecule has 0 spiro atoms. The highest BCUT2D eigenvalue weighted by Gasteiger charge is 2.28. The molecule has 3 amide bonds. The van der Waals surface area contributed by atoms with Crippen molar-refractivity contribution in [2.24, 2.45) is 0 Å². The number of urea groups is 1. The SMILES string of the molecule is CCC[SiH2]C1NC(=O)NC1=O. The van der Waals surface area contributed by atoms with Gasteiger partial charge in [0.15, 0.2) is 0 Å². The quantitative estimate of drug-likeness (QED) is 0.430. The van der Waals surface area contributed by atoms with Crippen LogP contribution in [0.2, 0.25) is 6.04 Å². The standard InChI is InChI=1S/C6H12N2O2Si/c1-2-3-11-5-4(9)7-6(10)8-5/h5H,2-3,11H2,1H3,(H2,7,8,9,10). The van der Waals surface area contributed by atoms with Gasteiger partial charge < -0.3 is 5.32 Å². The zero-order chi connectivity index (χ0) is 8.27. The minimum absolute atomic E-state index is 0.130. The first-order chi connectivity index (χ1) is 5.24. The van der Waals surface area contributed by atoms with E-state index in [9.17, 15) is 9.59 Å². The Balaban J connectivity index is 2.34. The third-order valence-electron chi connectivity index (χ3n) is 1.70. The molecule has 1 aliphatic rings. The molecule has 1 unspecified atom stereocenters. The Labute approximate surface area is 67.6 Å². The molecule has 1 fully saturated rings. The molecule has 0 aromatic heterocycles. The van der Waals surface area contributed by atoms with Crippen LogP contribution in [0.25, 0.3) is 0 Å². The van der Waals surface area contributed by atoms with E-state index in [1.807, 2.05) is 0 Å². The van der Waals surface area contributed by atoms with Crippen molar-refractivity contribution in [3.63, 3.8) is 0 Å². The van der Waals surface area contributed by atoms with Gasteiger partial charge in [0.25, 0.3) is 0 Å². The summed E-state index contributed by atoms with van der Waals surface area (Å²) in [7, 11) is -0.436. The maximum absolute atomic E-state index is 10.9. The van der Waals surface area contributed by atoms with Crippen LogP contribution in [0.1, 0.15) is 13.3 Å². The predicted molar refractivity (Wildman–Crippen MR) is 44.1 cm³/mol. The molecule has 1 aliphatic heterocycles. The average Bonchev–Trinajstić information content (AvgIpc) is 2.26. The molecular formula is C6H12N2O2Si. The summed E-state index contributed by atoms with van der Waals surface area (Å²) < 4.78 is 0. The van der Waals surface area contributed by atoms with Gasteiger partial charge in [-0.2, -0.15) is 0 Å². The van der Waals surface area contributed by atoms with Gasteiger partial charge in [-0.1, -0.05) is 19.4 Å². The smallest absolute Gasteiger partial charge is 0.321 e. The van der Waals surface area contributed by atoms with E-state index in [1.165, 1.54) is 0 Å². The van der Waals surface area contributed by atoms with Crippen LogP contribution >= 0.6 is 0 Å². The summed E-state index contributed by atoms with van der Waals surface area (Å²) in [6.07, 6.45) is 1.10. The summed E-state index contributed by atoms with van der Waals surface area (Å²) in [5.41, 5.74) is -0.151. The lowest BCUT2D eigenvalue weighted by Crippen LogP contribution is -2.34. The fraction of sp³-hybridized carbons (Fsp3) is 0.667. The van der Waals surface area contributed by atoms with Crippen molar-refractivity contribution in [1.82, 2.24) is 10.6 Å². The molecule has 4 nitrogen and oxygen atoms in total. The largest absolute Gasteiger partial charge is 0.330 e. The van der Waals surface area contributed by atoms with Crippen molar-refractivity contribution in [2.75, 3.05) is 0 Å². The van der Waals surface area contributed by atoms with Crippen molar-refractivity contribution in [2.45, 2.75) is 25.1 Å². The van der Waals surface area contributed by atoms with Gasteiger partial charge in [0.05, 0.1) is 15.2 Å².